The molecule has 24 heavy (non-hydrogen) atoms. The molecule has 134 valence electrons. The largest absolute Gasteiger partial charge is 0.494 e. The van der Waals surface area contributed by atoms with Gasteiger partial charge in [0.25, 0.3) is 5.91 Å². The van der Waals surface area contributed by atoms with E-state index in [-0.39, 0.29) is 12.5 Å². The quantitative estimate of drug-likeness (QED) is 0.822. The summed E-state index contributed by atoms with van der Waals surface area (Å²) in [6.45, 7) is 4.43. The Balaban J connectivity index is 1.93. The second-order valence-electron chi connectivity index (χ2n) is 5.81. The standard InChI is InChI=1S/C17H23F3N2O2/c1-2-24-15-6-3-5-14(13-15)16(23)22-9-4-8-21(11-12-22)10-7-17(18,19)20/h3,5-6,13H,2,4,7-12H2,1H3. The van der Waals surface area contributed by atoms with Crippen LogP contribution in [0.3, 0.4) is 0 Å². The Kier molecular flexibility index (Phi) is 6.48. The predicted octanol–water partition coefficient (Wildman–Crippen LogP) is 3.19. The van der Waals surface area contributed by atoms with E-state index < -0.39 is 12.6 Å². The monoisotopic (exact) mass is 344 g/mol. The van der Waals surface area contributed by atoms with Crippen molar-refractivity contribution in [2.24, 2.45) is 0 Å². The third-order valence-corrected chi connectivity index (χ3v) is 3.98. The number of nitrogens with zero attached hydrogens (tertiary/aromatic N) is 2. The van der Waals surface area contributed by atoms with Crippen LogP contribution in [0.25, 0.3) is 0 Å². The van der Waals surface area contributed by atoms with Gasteiger partial charge in [0.2, 0.25) is 0 Å². The summed E-state index contributed by atoms with van der Waals surface area (Å²) in [6.07, 6.45) is -4.27. The molecule has 1 amide bonds. The van der Waals surface area contributed by atoms with Gasteiger partial charge < -0.3 is 14.5 Å². The zero-order chi connectivity index (χ0) is 17.6. The van der Waals surface area contributed by atoms with E-state index in [1.807, 2.05) is 6.92 Å². The first-order valence-corrected chi connectivity index (χ1v) is 8.20. The maximum Gasteiger partial charge on any atom is 0.390 e. The summed E-state index contributed by atoms with van der Waals surface area (Å²) in [6, 6.07) is 7.00. The van der Waals surface area contributed by atoms with Gasteiger partial charge in [-0.1, -0.05) is 6.07 Å². The summed E-state index contributed by atoms with van der Waals surface area (Å²) in [7, 11) is 0. The summed E-state index contributed by atoms with van der Waals surface area (Å²) in [5.41, 5.74) is 0.546. The first kappa shape index (κ1) is 18.6. The maximum atomic E-state index is 12.6. The van der Waals surface area contributed by atoms with E-state index >= 15 is 0 Å². The lowest BCUT2D eigenvalue weighted by molar-refractivity contribution is -0.137. The molecule has 0 radical (unpaired) electrons. The first-order valence-electron chi connectivity index (χ1n) is 8.20. The van der Waals surface area contributed by atoms with E-state index in [0.29, 0.717) is 50.5 Å². The molecule has 0 aromatic heterocycles. The average molecular weight is 344 g/mol. The van der Waals surface area contributed by atoms with Gasteiger partial charge in [0.1, 0.15) is 5.75 Å². The highest BCUT2D eigenvalue weighted by atomic mass is 19.4. The summed E-state index contributed by atoms with van der Waals surface area (Å²) in [5, 5.41) is 0. The van der Waals surface area contributed by atoms with Crippen molar-refractivity contribution in [1.82, 2.24) is 9.80 Å². The fourth-order valence-electron chi connectivity index (χ4n) is 2.75. The number of amides is 1. The van der Waals surface area contributed by atoms with E-state index in [2.05, 4.69) is 0 Å². The van der Waals surface area contributed by atoms with Crippen LogP contribution >= 0.6 is 0 Å². The molecule has 1 heterocycles. The van der Waals surface area contributed by atoms with Crippen LogP contribution in [0.4, 0.5) is 13.2 Å². The number of rotatable bonds is 5. The average Bonchev–Trinajstić information content (AvgIpc) is 2.78. The summed E-state index contributed by atoms with van der Waals surface area (Å²) in [5.74, 6) is 0.541. The molecule has 1 aliphatic rings. The molecule has 1 aliphatic heterocycles. The van der Waals surface area contributed by atoms with E-state index in [9.17, 15) is 18.0 Å². The number of benzene rings is 1. The molecule has 1 saturated heterocycles. The Morgan fingerprint density at radius 2 is 2.00 bits per heavy atom. The van der Waals surface area contributed by atoms with Gasteiger partial charge in [0.15, 0.2) is 0 Å². The van der Waals surface area contributed by atoms with Crippen LogP contribution in [0.1, 0.15) is 30.1 Å². The van der Waals surface area contributed by atoms with Crippen LogP contribution in [-0.2, 0) is 0 Å². The van der Waals surface area contributed by atoms with E-state index in [1.165, 1.54) is 0 Å². The molecule has 7 heteroatoms. The molecule has 0 saturated carbocycles. The highest BCUT2D eigenvalue weighted by molar-refractivity contribution is 5.94. The van der Waals surface area contributed by atoms with Crippen LogP contribution < -0.4 is 4.74 Å². The predicted molar refractivity (Wildman–Crippen MR) is 85.2 cm³/mol. The SMILES string of the molecule is CCOc1cccc(C(=O)N2CCCN(CCC(F)(F)F)CC2)c1. The van der Waals surface area contributed by atoms with Crippen LogP contribution in [0.15, 0.2) is 24.3 Å². The van der Waals surface area contributed by atoms with Crippen molar-refractivity contribution in [2.75, 3.05) is 39.3 Å². The summed E-state index contributed by atoms with van der Waals surface area (Å²) in [4.78, 5) is 16.1. The summed E-state index contributed by atoms with van der Waals surface area (Å²) >= 11 is 0. The van der Waals surface area contributed by atoms with Crippen LogP contribution in [0.5, 0.6) is 5.75 Å². The molecule has 0 atom stereocenters. The fourth-order valence-corrected chi connectivity index (χ4v) is 2.75. The van der Waals surface area contributed by atoms with Crippen molar-refractivity contribution < 1.29 is 22.7 Å². The van der Waals surface area contributed by atoms with E-state index in [0.717, 1.165) is 0 Å². The Morgan fingerprint density at radius 3 is 2.71 bits per heavy atom. The minimum atomic E-state index is -4.14. The second-order valence-corrected chi connectivity index (χ2v) is 5.81. The number of alkyl halides is 3. The normalized spacial score (nSPS) is 16.8. The van der Waals surface area contributed by atoms with Gasteiger partial charge in [-0.3, -0.25) is 4.79 Å². The number of halogens is 3. The molecule has 4 nitrogen and oxygen atoms in total. The molecule has 0 spiro atoms. The van der Waals surface area contributed by atoms with Gasteiger partial charge in [0, 0.05) is 31.7 Å². The second kappa shape index (κ2) is 8.37. The van der Waals surface area contributed by atoms with Crippen LogP contribution in [-0.4, -0.2) is 61.2 Å². The number of carbonyl (C=O) groups is 1. The van der Waals surface area contributed by atoms with Gasteiger partial charge in [-0.2, -0.15) is 13.2 Å². The van der Waals surface area contributed by atoms with Crippen LogP contribution in [0.2, 0.25) is 0 Å². The van der Waals surface area contributed by atoms with Gasteiger partial charge in [-0.15, -0.1) is 0 Å². The van der Waals surface area contributed by atoms with Crippen molar-refractivity contribution in [3.63, 3.8) is 0 Å². The zero-order valence-electron chi connectivity index (χ0n) is 13.8. The van der Waals surface area contributed by atoms with Crippen LogP contribution in [0, 0.1) is 0 Å². The van der Waals surface area contributed by atoms with Gasteiger partial charge in [-0.05, 0) is 38.1 Å². The number of hydrogen-bond donors (Lipinski definition) is 0. The molecular weight excluding hydrogens is 321 g/mol. The molecule has 1 fully saturated rings. The molecule has 0 N–H and O–H groups in total. The maximum absolute atomic E-state index is 12.6. The third-order valence-electron chi connectivity index (χ3n) is 3.98. The Bertz CT molecular complexity index is 549. The Morgan fingerprint density at radius 1 is 1.21 bits per heavy atom. The van der Waals surface area contributed by atoms with Gasteiger partial charge in [0.05, 0.1) is 13.0 Å². The topological polar surface area (TPSA) is 32.8 Å². The lowest BCUT2D eigenvalue weighted by Crippen LogP contribution is -2.36. The molecule has 1 aromatic carbocycles. The molecular formula is C17H23F3N2O2. The number of hydrogen-bond acceptors (Lipinski definition) is 3. The molecule has 1 aromatic rings. The highest BCUT2D eigenvalue weighted by Gasteiger charge is 2.28. The van der Waals surface area contributed by atoms with Crippen molar-refractivity contribution in [1.29, 1.82) is 0 Å². The van der Waals surface area contributed by atoms with E-state index in [4.69, 9.17) is 4.74 Å². The van der Waals surface area contributed by atoms with Gasteiger partial charge in [-0.25, -0.2) is 0 Å². The minimum absolute atomic E-state index is 0.00858. The Labute approximate surface area is 140 Å². The van der Waals surface area contributed by atoms with Crippen molar-refractivity contribution in [3.05, 3.63) is 29.8 Å². The molecule has 0 unspecified atom stereocenters. The third kappa shape index (κ3) is 5.70. The van der Waals surface area contributed by atoms with Crippen molar-refractivity contribution in [2.45, 2.75) is 25.9 Å². The minimum Gasteiger partial charge on any atom is -0.494 e. The van der Waals surface area contributed by atoms with Gasteiger partial charge >= 0.3 is 6.18 Å². The fraction of sp³-hybridized carbons (Fsp3) is 0.588. The van der Waals surface area contributed by atoms with Crippen molar-refractivity contribution >= 4 is 5.91 Å². The van der Waals surface area contributed by atoms with E-state index in [1.54, 1.807) is 34.1 Å². The Hall–Kier alpha value is -1.76. The lowest BCUT2D eigenvalue weighted by atomic mass is 10.2. The number of ether oxygens (including phenoxy) is 1. The molecule has 0 bridgehead atoms. The number of carbonyl (C=O) groups excluding carboxylic acids is 1. The van der Waals surface area contributed by atoms with Crippen molar-refractivity contribution in [3.8, 4) is 5.75 Å². The smallest absolute Gasteiger partial charge is 0.390 e. The summed E-state index contributed by atoms with van der Waals surface area (Å²) < 4.78 is 42.4. The molecule has 2 rings (SSSR count). The first-order chi connectivity index (χ1) is 11.4. The highest BCUT2D eigenvalue weighted by Crippen LogP contribution is 2.20. The molecule has 0 aliphatic carbocycles. The zero-order valence-corrected chi connectivity index (χ0v) is 13.8. The lowest BCUT2D eigenvalue weighted by Gasteiger charge is -2.22.